The van der Waals surface area contributed by atoms with Crippen molar-refractivity contribution in [2.24, 2.45) is 0 Å². The van der Waals surface area contributed by atoms with Crippen molar-refractivity contribution in [1.82, 2.24) is 19.5 Å². The fraction of sp³-hybridized carbons (Fsp3) is 0. The molecule has 0 unspecified atom stereocenters. The Balaban J connectivity index is 1.10. The third-order valence-electron chi connectivity index (χ3n) is 11.7. The highest BCUT2D eigenvalue weighted by Crippen LogP contribution is 2.42. The molecule has 60 heavy (non-hydrogen) atoms. The van der Waals surface area contributed by atoms with Crippen LogP contribution in [0.4, 0.5) is 0 Å². The van der Waals surface area contributed by atoms with Gasteiger partial charge in [-0.2, -0.15) is 0 Å². The molecule has 0 aliphatic heterocycles. The Morgan fingerprint density at radius 2 is 0.900 bits per heavy atom. The SMILES string of the molecule is c1ccc(-c2ccccc2-c2nc(-c3ccccc3-n3c4ccccc4c4cc(-c5cccc6ccccc56)ccc43)nc(-c3cccc4c3sc3ccccc34)n2)cc1. The maximum Gasteiger partial charge on any atom is 0.166 e. The van der Waals surface area contributed by atoms with Crippen LogP contribution in [0.2, 0.25) is 0 Å². The molecule has 0 radical (unpaired) electrons. The molecule has 4 nitrogen and oxygen atoms in total. The minimum Gasteiger partial charge on any atom is -0.309 e. The summed E-state index contributed by atoms with van der Waals surface area (Å²) in [7, 11) is 0. The average Bonchev–Trinajstić information content (AvgIpc) is 3.87. The van der Waals surface area contributed by atoms with Crippen LogP contribution < -0.4 is 0 Å². The Hall–Kier alpha value is -7.73. The normalized spacial score (nSPS) is 11.7. The largest absolute Gasteiger partial charge is 0.309 e. The van der Waals surface area contributed by atoms with Gasteiger partial charge in [0.2, 0.25) is 0 Å². The molecule has 0 atom stereocenters. The van der Waals surface area contributed by atoms with Crippen molar-refractivity contribution < 1.29 is 0 Å². The van der Waals surface area contributed by atoms with Gasteiger partial charge in [-0.3, -0.25) is 0 Å². The predicted octanol–water partition coefficient (Wildman–Crippen LogP) is 14.8. The standard InChI is InChI=1S/C55H34N4S/c1-2-16-35(17-3-1)39-21-6-7-24-44(39)53-56-54(58-55(57-53)46-28-15-27-43-42-23-10-13-31-51(42)60-52(43)46)45-25-9-12-30-49(45)59-48-29-11-8-22-41(48)47-34-37(32-33-50(47)59)40-26-14-19-36-18-4-5-20-38(36)40/h1-34H. The summed E-state index contributed by atoms with van der Waals surface area (Å²) in [5.74, 6) is 1.89. The summed E-state index contributed by atoms with van der Waals surface area (Å²) in [5, 5.41) is 7.30. The Morgan fingerprint density at radius 1 is 0.333 bits per heavy atom. The number of aromatic nitrogens is 4. The van der Waals surface area contributed by atoms with Crippen LogP contribution in [0.5, 0.6) is 0 Å². The molecule has 0 bridgehead atoms. The van der Waals surface area contributed by atoms with Crippen LogP contribution in [0.15, 0.2) is 206 Å². The average molecular weight is 783 g/mol. The van der Waals surface area contributed by atoms with E-state index in [4.69, 9.17) is 15.0 Å². The van der Waals surface area contributed by atoms with Gasteiger partial charge >= 0.3 is 0 Å². The molecule has 0 amide bonds. The lowest BCUT2D eigenvalue weighted by molar-refractivity contribution is 1.07. The lowest BCUT2D eigenvalue weighted by Crippen LogP contribution is -2.04. The summed E-state index contributed by atoms with van der Waals surface area (Å²) in [6, 6.07) is 73.3. The van der Waals surface area contributed by atoms with Gasteiger partial charge < -0.3 is 4.57 Å². The lowest BCUT2D eigenvalue weighted by atomic mass is 9.97. The maximum absolute atomic E-state index is 5.41. The summed E-state index contributed by atoms with van der Waals surface area (Å²) in [5.41, 5.74) is 10.7. The van der Waals surface area contributed by atoms with E-state index in [1.54, 1.807) is 11.3 Å². The van der Waals surface area contributed by atoms with Gasteiger partial charge in [-0.05, 0) is 75.5 Å². The van der Waals surface area contributed by atoms with Crippen molar-refractivity contribution in [2.75, 3.05) is 0 Å². The van der Waals surface area contributed by atoms with Gasteiger partial charge in [-0.1, -0.05) is 164 Å². The number of thiophene rings is 1. The molecule has 0 fully saturated rings. The number of rotatable bonds is 6. The smallest absolute Gasteiger partial charge is 0.166 e. The summed E-state index contributed by atoms with van der Waals surface area (Å²) >= 11 is 1.79. The van der Waals surface area contributed by atoms with Crippen molar-refractivity contribution in [1.29, 1.82) is 0 Å². The Bertz CT molecular complexity index is 3610. The van der Waals surface area contributed by atoms with Gasteiger partial charge in [-0.25, -0.2) is 15.0 Å². The number of hydrogen-bond acceptors (Lipinski definition) is 4. The number of fused-ring (bicyclic) bond motifs is 7. The number of para-hydroxylation sites is 2. The number of nitrogens with zero attached hydrogens (tertiary/aromatic N) is 4. The van der Waals surface area contributed by atoms with E-state index in [1.807, 2.05) is 6.07 Å². The van der Waals surface area contributed by atoms with Gasteiger partial charge in [-0.15, -0.1) is 11.3 Å². The molecule has 12 aromatic rings. The molecule has 0 aliphatic carbocycles. The van der Waals surface area contributed by atoms with Crippen molar-refractivity contribution in [3.8, 4) is 62.1 Å². The molecule has 9 aromatic carbocycles. The van der Waals surface area contributed by atoms with Crippen LogP contribution in [-0.4, -0.2) is 19.5 Å². The molecule has 12 rings (SSSR count). The van der Waals surface area contributed by atoms with Crippen molar-refractivity contribution in [3.63, 3.8) is 0 Å². The molecule has 280 valence electrons. The van der Waals surface area contributed by atoms with Crippen LogP contribution in [0.1, 0.15) is 0 Å². The predicted molar refractivity (Wildman–Crippen MR) is 252 cm³/mol. The van der Waals surface area contributed by atoms with Crippen LogP contribution in [0.25, 0.3) is 115 Å². The molecule has 0 N–H and O–H groups in total. The Morgan fingerprint density at radius 3 is 1.77 bits per heavy atom. The number of benzene rings is 9. The fourth-order valence-corrected chi connectivity index (χ4v) is 10.2. The fourth-order valence-electron chi connectivity index (χ4n) is 8.94. The van der Waals surface area contributed by atoms with Gasteiger partial charge in [0.15, 0.2) is 17.5 Å². The highest BCUT2D eigenvalue weighted by atomic mass is 32.1. The Labute approximate surface area is 350 Å². The van der Waals surface area contributed by atoms with Gasteiger partial charge in [0.1, 0.15) is 0 Å². The molecular weight excluding hydrogens is 749 g/mol. The first-order valence-electron chi connectivity index (χ1n) is 20.2. The second-order valence-electron chi connectivity index (χ2n) is 15.1. The number of hydrogen-bond donors (Lipinski definition) is 0. The zero-order valence-corrected chi connectivity index (χ0v) is 33.1. The van der Waals surface area contributed by atoms with Crippen LogP contribution in [0.3, 0.4) is 0 Å². The molecule has 3 aromatic heterocycles. The van der Waals surface area contributed by atoms with E-state index in [-0.39, 0.29) is 0 Å². The zero-order valence-electron chi connectivity index (χ0n) is 32.3. The minimum absolute atomic E-state index is 0.616. The first kappa shape index (κ1) is 34.3. The third kappa shape index (κ3) is 5.55. The highest BCUT2D eigenvalue weighted by Gasteiger charge is 2.22. The third-order valence-corrected chi connectivity index (χ3v) is 12.9. The first-order valence-corrected chi connectivity index (χ1v) is 21.0. The summed E-state index contributed by atoms with van der Waals surface area (Å²) in [4.78, 5) is 16.1. The molecule has 0 aliphatic rings. The lowest BCUT2D eigenvalue weighted by Gasteiger charge is -2.16. The van der Waals surface area contributed by atoms with Crippen molar-refractivity contribution >= 4 is 64.1 Å². The molecule has 0 saturated heterocycles. The van der Waals surface area contributed by atoms with E-state index in [0.29, 0.717) is 17.5 Å². The Kier molecular flexibility index (Phi) is 8.00. The molecule has 5 heteroatoms. The minimum atomic E-state index is 0.616. The monoisotopic (exact) mass is 782 g/mol. The highest BCUT2D eigenvalue weighted by molar-refractivity contribution is 7.26. The van der Waals surface area contributed by atoms with Crippen LogP contribution in [-0.2, 0) is 0 Å². The quantitative estimate of drug-likeness (QED) is 0.169. The maximum atomic E-state index is 5.41. The van der Waals surface area contributed by atoms with Crippen LogP contribution >= 0.6 is 11.3 Å². The van der Waals surface area contributed by atoms with Crippen molar-refractivity contribution in [2.45, 2.75) is 0 Å². The summed E-state index contributed by atoms with van der Waals surface area (Å²) in [6.07, 6.45) is 0. The molecule has 0 spiro atoms. The van der Waals surface area contributed by atoms with E-state index in [1.165, 1.54) is 48.1 Å². The van der Waals surface area contributed by atoms with Crippen molar-refractivity contribution in [3.05, 3.63) is 206 Å². The first-order chi connectivity index (χ1) is 29.8. The van der Waals surface area contributed by atoms with E-state index >= 15 is 0 Å². The topological polar surface area (TPSA) is 43.6 Å². The second-order valence-corrected chi connectivity index (χ2v) is 16.2. The summed E-state index contributed by atoms with van der Waals surface area (Å²) < 4.78 is 4.78. The summed E-state index contributed by atoms with van der Waals surface area (Å²) in [6.45, 7) is 0. The van der Waals surface area contributed by atoms with Gasteiger partial charge in [0.05, 0.1) is 16.7 Å². The van der Waals surface area contributed by atoms with Gasteiger partial charge in [0, 0.05) is 47.6 Å². The second kappa shape index (κ2) is 14.0. The van der Waals surface area contributed by atoms with Gasteiger partial charge in [0.25, 0.3) is 0 Å². The molecule has 3 heterocycles. The van der Waals surface area contributed by atoms with E-state index in [9.17, 15) is 0 Å². The van der Waals surface area contributed by atoms with E-state index in [0.717, 1.165) is 49.2 Å². The van der Waals surface area contributed by atoms with Crippen LogP contribution in [0, 0.1) is 0 Å². The molecule has 0 saturated carbocycles. The van der Waals surface area contributed by atoms with E-state index in [2.05, 4.69) is 205 Å². The zero-order chi connectivity index (χ0) is 39.6. The van der Waals surface area contributed by atoms with E-state index < -0.39 is 0 Å². The molecular formula is C55H34N4S.